The third kappa shape index (κ3) is 3.14. The van der Waals surface area contributed by atoms with Gasteiger partial charge in [0.15, 0.2) is 5.75 Å². The summed E-state index contributed by atoms with van der Waals surface area (Å²) in [5.74, 6) is -1.18. The lowest BCUT2D eigenvalue weighted by molar-refractivity contribution is -0.385. The number of aliphatic imine (C=N–C) groups is 1. The number of thioether (sulfide) groups is 1. The van der Waals surface area contributed by atoms with E-state index in [9.17, 15) is 20.0 Å². The van der Waals surface area contributed by atoms with E-state index in [0.29, 0.717) is 5.56 Å². The number of aromatic hydroxyl groups is 1. The first-order chi connectivity index (χ1) is 11.5. The van der Waals surface area contributed by atoms with Crippen molar-refractivity contribution in [3.8, 4) is 5.75 Å². The molecule has 0 radical (unpaired) electrons. The van der Waals surface area contributed by atoms with Crippen molar-refractivity contribution in [2.45, 2.75) is 31.1 Å². The van der Waals surface area contributed by atoms with E-state index < -0.39 is 10.8 Å². The van der Waals surface area contributed by atoms with Crippen LogP contribution < -0.4 is 5.73 Å². The minimum atomic E-state index is -0.649. The second-order valence-corrected chi connectivity index (χ2v) is 7.04. The van der Waals surface area contributed by atoms with Gasteiger partial charge >= 0.3 is 5.69 Å². The summed E-state index contributed by atoms with van der Waals surface area (Å²) in [6.07, 6.45) is 5.51. The van der Waals surface area contributed by atoms with Crippen LogP contribution in [0.4, 0.5) is 5.69 Å². The molecule has 1 aliphatic carbocycles. The molecule has 3 rings (SSSR count). The summed E-state index contributed by atoms with van der Waals surface area (Å²) in [6.45, 7) is 0. The summed E-state index contributed by atoms with van der Waals surface area (Å²) in [4.78, 5) is 27.7. The van der Waals surface area contributed by atoms with Gasteiger partial charge in [-0.3, -0.25) is 19.9 Å². The van der Waals surface area contributed by atoms with E-state index in [1.807, 2.05) is 0 Å². The lowest BCUT2D eigenvalue weighted by Crippen LogP contribution is -2.30. The molecule has 24 heavy (non-hydrogen) atoms. The first-order valence-corrected chi connectivity index (χ1v) is 8.54. The van der Waals surface area contributed by atoms with Gasteiger partial charge in [0.2, 0.25) is 5.91 Å². The van der Waals surface area contributed by atoms with Crippen LogP contribution in [0.15, 0.2) is 33.7 Å². The van der Waals surface area contributed by atoms with Gasteiger partial charge in [0, 0.05) is 12.3 Å². The SMILES string of the molecule is NC(=O)[C@@H]1C2=C(CCCC2)S[C@@H]1N=Cc1ccc(O)c([N+](=O)[O-])c1. The molecule has 1 aromatic carbocycles. The number of rotatable bonds is 4. The number of nitro groups is 1. The Morgan fingerprint density at radius 2 is 2.17 bits per heavy atom. The highest BCUT2D eigenvalue weighted by Gasteiger charge is 2.39. The number of carbonyl (C=O) groups excluding carboxylic acids is 1. The maximum atomic E-state index is 11.8. The summed E-state index contributed by atoms with van der Waals surface area (Å²) < 4.78 is 0. The molecule has 0 saturated heterocycles. The smallest absolute Gasteiger partial charge is 0.311 e. The molecule has 1 aromatic rings. The molecule has 7 nitrogen and oxygen atoms in total. The first kappa shape index (κ1) is 16.5. The van der Waals surface area contributed by atoms with Crippen molar-refractivity contribution in [1.29, 1.82) is 0 Å². The molecule has 0 spiro atoms. The van der Waals surface area contributed by atoms with E-state index in [2.05, 4.69) is 4.99 Å². The predicted molar refractivity (Wildman–Crippen MR) is 91.9 cm³/mol. The Bertz CT molecular complexity index is 760. The fourth-order valence-electron chi connectivity index (χ4n) is 3.11. The molecule has 8 heteroatoms. The lowest BCUT2D eigenvalue weighted by Gasteiger charge is -2.17. The number of nitro benzene ring substituents is 1. The number of hydrogen-bond acceptors (Lipinski definition) is 6. The zero-order chi connectivity index (χ0) is 17.3. The van der Waals surface area contributed by atoms with E-state index in [4.69, 9.17) is 5.73 Å². The zero-order valence-corrected chi connectivity index (χ0v) is 13.7. The summed E-state index contributed by atoms with van der Waals surface area (Å²) in [6, 6.07) is 4.05. The Balaban J connectivity index is 1.83. The Kier molecular flexibility index (Phi) is 4.57. The second-order valence-electron chi connectivity index (χ2n) is 5.83. The standard InChI is InChI=1S/C16H17N3O4S/c17-15(21)14-10-3-1-2-4-13(10)24-16(14)18-8-9-5-6-12(20)11(7-9)19(22)23/h5-8,14,16,20H,1-4H2,(H2,17,21)/t14-,16-/m0/s1. The van der Waals surface area contributed by atoms with Crippen molar-refractivity contribution < 1.29 is 14.8 Å². The molecule has 0 bridgehead atoms. The largest absolute Gasteiger partial charge is 0.502 e. The van der Waals surface area contributed by atoms with E-state index in [0.717, 1.165) is 31.3 Å². The van der Waals surface area contributed by atoms with Crippen molar-refractivity contribution in [3.63, 3.8) is 0 Å². The Morgan fingerprint density at radius 1 is 1.42 bits per heavy atom. The number of benzene rings is 1. The quantitative estimate of drug-likeness (QED) is 0.493. The number of nitrogens with two attached hydrogens (primary N) is 1. The van der Waals surface area contributed by atoms with E-state index in [-0.39, 0.29) is 22.7 Å². The minimum Gasteiger partial charge on any atom is -0.502 e. The number of carbonyl (C=O) groups is 1. The highest BCUT2D eigenvalue weighted by atomic mass is 32.2. The summed E-state index contributed by atoms with van der Waals surface area (Å²) >= 11 is 1.56. The van der Waals surface area contributed by atoms with Gasteiger partial charge in [-0.25, -0.2) is 0 Å². The first-order valence-electron chi connectivity index (χ1n) is 7.66. The maximum absolute atomic E-state index is 11.8. The highest BCUT2D eigenvalue weighted by Crippen LogP contribution is 2.49. The van der Waals surface area contributed by atoms with Gasteiger partial charge in [-0.05, 0) is 53.9 Å². The van der Waals surface area contributed by atoms with Crippen molar-refractivity contribution in [2.75, 3.05) is 0 Å². The van der Waals surface area contributed by atoms with E-state index in [1.54, 1.807) is 11.8 Å². The van der Waals surface area contributed by atoms with Crippen LogP contribution >= 0.6 is 11.8 Å². The van der Waals surface area contributed by atoms with Gasteiger partial charge in [0.1, 0.15) is 5.37 Å². The lowest BCUT2D eigenvalue weighted by atomic mass is 9.89. The molecule has 1 amide bonds. The fraction of sp³-hybridized carbons (Fsp3) is 0.375. The van der Waals surface area contributed by atoms with E-state index in [1.165, 1.54) is 29.3 Å². The number of amides is 1. The monoisotopic (exact) mass is 347 g/mol. The van der Waals surface area contributed by atoms with Crippen LogP contribution in [0.2, 0.25) is 0 Å². The van der Waals surface area contributed by atoms with Crippen LogP contribution in [0.5, 0.6) is 5.75 Å². The molecular formula is C16H17N3O4S. The normalized spacial score (nSPS) is 23.5. The van der Waals surface area contributed by atoms with Gasteiger partial charge in [0.05, 0.1) is 10.8 Å². The van der Waals surface area contributed by atoms with Crippen LogP contribution in [-0.2, 0) is 4.79 Å². The van der Waals surface area contributed by atoms with Crippen LogP contribution in [0.1, 0.15) is 31.2 Å². The van der Waals surface area contributed by atoms with E-state index >= 15 is 0 Å². The number of phenols is 1. The second kappa shape index (κ2) is 6.64. The third-order valence-corrected chi connectivity index (χ3v) is 5.64. The van der Waals surface area contributed by atoms with Crippen LogP contribution in [0, 0.1) is 16.0 Å². The van der Waals surface area contributed by atoms with Crippen LogP contribution in [-0.4, -0.2) is 27.5 Å². The molecule has 2 aliphatic rings. The summed E-state index contributed by atoms with van der Waals surface area (Å²) in [7, 11) is 0. The van der Waals surface area contributed by atoms with Crippen molar-refractivity contribution in [3.05, 3.63) is 44.4 Å². The third-order valence-electron chi connectivity index (χ3n) is 4.25. The molecule has 3 N–H and O–H groups in total. The average molecular weight is 347 g/mol. The topological polar surface area (TPSA) is 119 Å². The highest BCUT2D eigenvalue weighted by molar-refractivity contribution is 8.04. The fourth-order valence-corrected chi connectivity index (χ4v) is 4.60. The molecule has 1 heterocycles. The van der Waals surface area contributed by atoms with Gasteiger partial charge < -0.3 is 10.8 Å². The summed E-state index contributed by atoms with van der Waals surface area (Å²) in [5, 5.41) is 20.0. The molecule has 126 valence electrons. The maximum Gasteiger partial charge on any atom is 0.311 e. The zero-order valence-electron chi connectivity index (χ0n) is 12.8. The minimum absolute atomic E-state index is 0.321. The number of nitrogens with zero attached hydrogens (tertiary/aromatic N) is 2. The molecule has 1 aliphatic heterocycles. The van der Waals surface area contributed by atoms with Gasteiger partial charge in [-0.2, -0.15) is 0 Å². The molecule has 0 saturated carbocycles. The molecule has 0 aromatic heterocycles. The average Bonchev–Trinajstić information content (AvgIpc) is 2.92. The number of primary amides is 1. The number of allylic oxidation sites excluding steroid dienone is 1. The summed E-state index contributed by atoms with van der Waals surface area (Å²) in [5.41, 5.74) is 6.79. The molecule has 0 fully saturated rings. The Labute approximate surface area is 142 Å². The van der Waals surface area contributed by atoms with Crippen molar-refractivity contribution in [2.24, 2.45) is 16.6 Å². The molecule has 0 unspecified atom stereocenters. The number of hydrogen-bond donors (Lipinski definition) is 2. The van der Waals surface area contributed by atoms with Gasteiger partial charge in [-0.1, -0.05) is 0 Å². The van der Waals surface area contributed by atoms with Crippen LogP contribution in [0.25, 0.3) is 0 Å². The van der Waals surface area contributed by atoms with Crippen LogP contribution in [0.3, 0.4) is 0 Å². The number of phenolic OH excluding ortho intramolecular Hbond substituents is 1. The molecule has 2 atom stereocenters. The molecular weight excluding hydrogens is 330 g/mol. The van der Waals surface area contributed by atoms with Crippen molar-refractivity contribution >= 4 is 29.6 Å². The van der Waals surface area contributed by atoms with Gasteiger partial charge in [0.25, 0.3) is 0 Å². The van der Waals surface area contributed by atoms with Gasteiger partial charge in [-0.15, -0.1) is 11.8 Å². The van der Waals surface area contributed by atoms with Crippen molar-refractivity contribution in [1.82, 2.24) is 0 Å². The Morgan fingerprint density at radius 3 is 2.88 bits per heavy atom. The predicted octanol–water partition coefficient (Wildman–Crippen LogP) is 2.72. The Hall–Kier alpha value is -2.35.